The van der Waals surface area contributed by atoms with E-state index in [1.54, 1.807) is 7.05 Å². The Bertz CT molecular complexity index is 530. The Balaban J connectivity index is 2.07. The predicted octanol–water partition coefficient (Wildman–Crippen LogP) is 0.177. The molecule has 114 valence electrons. The van der Waals surface area contributed by atoms with Gasteiger partial charge in [-0.1, -0.05) is 0 Å². The quantitative estimate of drug-likeness (QED) is 0.588. The number of hydrogen-bond acceptors (Lipinski definition) is 7. The van der Waals surface area contributed by atoms with Crippen LogP contribution in [0.3, 0.4) is 0 Å². The van der Waals surface area contributed by atoms with Gasteiger partial charge in [0.15, 0.2) is 0 Å². The third kappa shape index (κ3) is 3.86. The van der Waals surface area contributed by atoms with Gasteiger partial charge in [0.05, 0.1) is 30.8 Å². The molecule has 2 rings (SSSR count). The Hall–Kier alpha value is -2.26. The van der Waals surface area contributed by atoms with Gasteiger partial charge in [-0.15, -0.1) is 0 Å². The van der Waals surface area contributed by atoms with Crippen LogP contribution in [0.1, 0.15) is 10.4 Å². The number of amides is 1. The summed E-state index contributed by atoms with van der Waals surface area (Å²) in [4.78, 5) is 26.3. The molecule has 2 heterocycles. The van der Waals surface area contributed by atoms with Gasteiger partial charge in [0.25, 0.3) is 11.6 Å². The second-order valence-corrected chi connectivity index (χ2v) is 4.37. The Kier molecular flexibility index (Phi) is 5.01. The summed E-state index contributed by atoms with van der Waals surface area (Å²) in [6.07, 6.45) is 0.813. The van der Waals surface area contributed by atoms with E-state index in [1.165, 1.54) is 6.07 Å². The molecule has 1 aromatic heterocycles. The van der Waals surface area contributed by atoms with Crippen LogP contribution in [0.4, 0.5) is 11.5 Å². The van der Waals surface area contributed by atoms with Gasteiger partial charge < -0.3 is 20.1 Å². The van der Waals surface area contributed by atoms with Crippen molar-refractivity contribution in [2.24, 2.45) is 0 Å². The number of carbonyl (C=O) groups is 1. The number of hydrogen-bond donors (Lipinski definition) is 2. The summed E-state index contributed by atoms with van der Waals surface area (Å²) in [6.45, 7) is 1.62. The molecule has 0 aromatic carbocycles. The zero-order valence-corrected chi connectivity index (χ0v) is 11.5. The molecule has 1 atom stereocenters. The molecule has 21 heavy (non-hydrogen) atoms. The number of nitro groups is 1. The molecule has 9 heteroatoms. The smallest absolute Gasteiger partial charge is 0.300 e. The van der Waals surface area contributed by atoms with Gasteiger partial charge in [-0.3, -0.25) is 14.9 Å². The third-order valence-electron chi connectivity index (χ3n) is 2.96. The number of ether oxygens (including phenoxy) is 2. The molecule has 1 aliphatic heterocycles. The van der Waals surface area contributed by atoms with Crippen LogP contribution in [0.5, 0.6) is 0 Å². The van der Waals surface area contributed by atoms with Crippen molar-refractivity contribution in [2.75, 3.05) is 38.7 Å². The topological polar surface area (TPSA) is 116 Å². The van der Waals surface area contributed by atoms with Crippen LogP contribution in [-0.2, 0) is 9.47 Å². The van der Waals surface area contributed by atoms with Crippen molar-refractivity contribution in [3.8, 4) is 0 Å². The van der Waals surface area contributed by atoms with E-state index in [1.807, 2.05) is 0 Å². The Morgan fingerprint density at radius 2 is 2.38 bits per heavy atom. The van der Waals surface area contributed by atoms with E-state index in [0.29, 0.717) is 25.6 Å². The van der Waals surface area contributed by atoms with E-state index in [-0.39, 0.29) is 23.9 Å². The lowest BCUT2D eigenvalue weighted by Crippen LogP contribution is -2.39. The lowest BCUT2D eigenvalue weighted by atomic mass is 10.2. The lowest BCUT2D eigenvalue weighted by Gasteiger charge is -2.23. The molecule has 0 spiro atoms. The standard InChI is InChI=1S/C12H16N4O5/c1-13-11-4-9(10(6-14-11)16(18)19)12(17)15-5-8-7-20-2-3-21-8/h4,6,8H,2-3,5,7H2,1H3,(H,13,14)(H,15,17). The van der Waals surface area contributed by atoms with Crippen LogP contribution in [0.15, 0.2) is 12.3 Å². The highest BCUT2D eigenvalue weighted by Gasteiger charge is 2.23. The fourth-order valence-electron chi connectivity index (χ4n) is 1.87. The van der Waals surface area contributed by atoms with Crippen LogP contribution in [0, 0.1) is 10.1 Å². The summed E-state index contributed by atoms with van der Waals surface area (Å²) in [5.41, 5.74) is -0.386. The largest absolute Gasteiger partial charge is 0.376 e. The maximum Gasteiger partial charge on any atom is 0.300 e. The molecule has 0 saturated carbocycles. The summed E-state index contributed by atoms with van der Waals surface area (Å²) >= 11 is 0. The second-order valence-electron chi connectivity index (χ2n) is 4.37. The third-order valence-corrected chi connectivity index (χ3v) is 2.96. The van der Waals surface area contributed by atoms with E-state index in [0.717, 1.165) is 6.20 Å². The van der Waals surface area contributed by atoms with E-state index in [4.69, 9.17) is 9.47 Å². The summed E-state index contributed by atoms with van der Waals surface area (Å²) in [6, 6.07) is 1.34. The molecule has 1 unspecified atom stereocenters. The first-order chi connectivity index (χ1) is 10.1. The maximum absolute atomic E-state index is 12.1. The summed E-state index contributed by atoms with van der Waals surface area (Å²) in [5.74, 6) is -0.169. The van der Waals surface area contributed by atoms with Gasteiger partial charge >= 0.3 is 0 Å². The zero-order chi connectivity index (χ0) is 15.2. The van der Waals surface area contributed by atoms with Crippen molar-refractivity contribution in [1.29, 1.82) is 0 Å². The molecule has 1 aromatic rings. The summed E-state index contributed by atoms with van der Waals surface area (Å²) in [5, 5.41) is 16.3. The van der Waals surface area contributed by atoms with Crippen molar-refractivity contribution in [3.05, 3.63) is 27.9 Å². The predicted molar refractivity (Wildman–Crippen MR) is 73.3 cm³/mol. The molecule has 1 saturated heterocycles. The first kappa shape index (κ1) is 15.1. The van der Waals surface area contributed by atoms with Crippen LogP contribution in [0.2, 0.25) is 0 Å². The van der Waals surface area contributed by atoms with Gasteiger partial charge in [0, 0.05) is 19.7 Å². The number of carbonyl (C=O) groups excluding carboxylic acids is 1. The average Bonchev–Trinajstić information content (AvgIpc) is 2.52. The lowest BCUT2D eigenvalue weighted by molar-refractivity contribution is -0.385. The first-order valence-electron chi connectivity index (χ1n) is 6.41. The molecule has 9 nitrogen and oxygen atoms in total. The van der Waals surface area contributed by atoms with Gasteiger partial charge in [-0.05, 0) is 0 Å². The summed E-state index contributed by atoms with van der Waals surface area (Å²) in [7, 11) is 1.61. The summed E-state index contributed by atoms with van der Waals surface area (Å²) < 4.78 is 10.6. The van der Waals surface area contributed by atoms with E-state index >= 15 is 0 Å². The minimum absolute atomic E-state index is 0.0453. The molecular formula is C12H16N4O5. The fraction of sp³-hybridized carbons (Fsp3) is 0.500. The van der Waals surface area contributed by atoms with E-state index < -0.39 is 10.8 Å². The van der Waals surface area contributed by atoms with Gasteiger partial charge in [-0.25, -0.2) is 4.98 Å². The molecule has 0 radical (unpaired) electrons. The van der Waals surface area contributed by atoms with Gasteiger partial charge in [0.1, 0.15) is 17.6 Å². The first-order valence-corrected chi connectivity index (χ1v) is 6.41. The van der Waals surface area contributed by atoms with Gasteiger partial charge in [0.2, 0.25) is 0 Å². The molecule has 0 aliphatic carbocycles. The van der Waals surface area contributed by atoms with Crippen LogP contribution in [-0.4, -0.2) is 55.3 Å². The van der Waals surface area contributed by atoms with Crippen molar-refractivity contribution < 1.29 is 19.2 Å². The monoisotopic (exact) mass is 296 g/mol. The van der Waals surface area contributed by atoms with Gasteiger partial charge in [-0.2, -0.15) is 0 Å². The fourth-order valence-corrected chi connectivity index (χ4v) is 1.87. The average molecular weight is 296 g/mol. The van der Waals surface area contributed by atoms with Crippen LogP contribution < -0.4 is 10.6 Å². The number of anilines is 1. The Labute approximate surface area is 120 Å². The Morgan fingerprint density at radius 3 is 3.00 bits per heavy atom. The number of nitrogens with one attached hydrogen (secondary N) is 2. The molecular weight excluding hydrogens is 280 g/mol. The number of pyridine rings is 1. The molecule has 2 N–H and O–H groups in total. The minimum atomic E-state index is -0.637. The number of aromatic nitrogens is 1. The van der Waals surface area contributed by atoms with Crippen molar-refractivity contribution in [2.45, 2.75) is 6.10 Å². The molecule has 1 aliphatic rings. The highest BCUT2D eigenvalue weighted by molar-refractivity contribution is 5.98. The highest BCUT2D eigenvalue weighted by atomic mass is 16.6. The van der Waals surface area contributed by atoms with Crippen molar-refractivity contribution in [3.63, 3.8) is 0 Å². The maximum atomic E-state index is 12.1. The molecule has 0 bridgehead atoms. The highest BCUT2D eigenvalue weighted by Crippen LogP contribution is 2.20. The van der Waals surface area contributed by atoms with Crippen molar-refractivity contribution >= 4 is 17.4 Å². The minimum Gasteiger partial charge on any atom is -0.376 e. The van der Waals surface area contributed by atoms with E-state index in [9.17, 15) is 14.9 Å². The number of rotatable bonds is 5. The van der Waals surface area contributed by atoms with Crippen LogP contribution in [0.25, 0.3) is 0 Å². The second kappa shape index (κ2) is 6.95. The van der Waals surface area contributed by atoms with E-state index in [2.05, 4.69) is 15.6 Å². The molecule has 1 amide bonds. The Morgan fingerprint density at radius 1 is 1.57 bits per heavy atom. The number of nitrogens with zero attached hydrogens (tertiary/aromatic N) is 2. The van der Waals surface area contributed by atoms with Crippen LogP contribution >= 0.6 is 0 Å². The SMILES string of the molecule is CNc1cc(C(=O)NCC2COCCO2)c([N+](=O)[O-])cn1. The molecule has 1 fully saturated rings. The zero-order valence-electron chi connectivity index (χ0n) is 11.5. The van der Waals surface area contributed by atoms with Crippen molar-refractivity contribution in [1.82, 2.24) is 10.3 Å². The normalized spacial score (nSPS) is 18.0.